The second-order valence-corrected chi connectivity index (χ2v) is 8.52. The average Bonchev–Trinajstić information content (AvgIpc) is 3.16. The number of nitrogens with two attached hydrogens (primary N) is 1. The van der Waals surface area contributed by atoms with Crippen molar-refractivity contribution in [3.8, 4) is 5.69 Å². The van der Waals surface area contributed by atoms with E-state index in [2.05, 4.69) is 10.4 Å². The fraction of sp³-hybridized carbons (Fsp3) is 0.200. The Bertz CT molecular complexity index is 1160. The topological polar surface area (TPSA) is 116 Å². The van der Waals surface area contributed by atoms with Crippen LogP contribution in [0.4, 0.5) is 5.69 Å². The van der Waals surface area contributed by atoms with E-state index >= 15 is 0 Å². The second kappa shape index (κ2) is 9.40. The van der Waals surface area contributed by atoms with Gasteiger partial charge in [0.15, 0.2) is 0 Å². The Morgan fingerprint density at radius 1 is 1.27 bits per heavy atom. The number of rotatable bonds is 8. The molecule has 0 aliphatic rings. The minimum atomic E-state index is -4.07. The van der Waals surface area contributed by atoms with Crippen LogP contribution in [0.2, 0.25) is 5.02 Å². The molecule has 1 heterocycles. The summed E-state index contributed by atoms with van der Waals surface area (Å²) < 4.78 is 30.8. The number of anilines is 1. The van der Waals surface area contributed by atoms with Gasteiger partial charge in [-0.05, 0) is 41.8 Å². The van der Waals surface area contributed by atoms with Gasteiger partial charge in [-0.3, -0.25) is 4.79 Å². The van der Waals surface area contributed by atoms with Crippen LogP contribution in [-0.2, 0) is 32.4 Å². The number of nitrogens with zero attached hydrogens (tertiary/aromatic N) is 2. The number of ether oxygens (including phenoxy) is 1. The van der Waals surface area contributed by atoms with E-state index in [4.69, 9.17) is 21.5 Å². The van der Waals surface area contributed by atoms with Gasteiger partial charge in [-0.2, -0.15) is 5.10 Å². The van der Waals surface area contributed by atoms with Crippen molar-refractivity contribution in [1.29, 1.82) is 0 Å². The Kier molecular flexibility index (Phi) is 6.88. The Hall–Kier alpha value is -2.72. The molecule has 30 heavy (non-hydrogen) atoms. The number of hydrogen-bond donors (Lipinski definition) is 2. The summed E-state index contributed by atoms with van der Waals surface area (Å²) >= 11 is 6.09. The number of nitrogens with one attached hydrogen (secondary N) is 1. The van der Waals surface area contributed by atoms with Gasteiger partial charge >= 0.3 is 0 Å². The second-order valence-electron chi connectivity index (χ2n) is 6.58. The Morgan fingerprint density at radius 2 is 2.03 bits per heavy atom. The summed E-state index contributed by atoms with van der Waals surface area (Å²) in [5, 5.41) is 12.8. The van der Waals surface area contributed by atoms with Crippen molar-refractivity contribution in [3.05, 3.63) is 71.0 Å². The molecule has 0 radical (unpaired) electrons. The standard InChI is InChI=1S/C20H21ClN4O4S/c1-29-9-8-14-12-23-25(13-14)18-7-6-16(11-19(18)30(22,27)28)24-20(26)10-15-4-2-3-5-17(15)21/h2-7,11-13H,8-10H2,1H3,(H,24,26)(H2,22,27,28). The van der Waals surface area contributed by atoms with Crippen molar-refractivity contribution in [3.63, 3.8) is 0 Å². The highest BCUT2D eigenvalue weighted by atomic mass is 35.5. The number of carbonyl (C=O) groups is 1. The molecule has 0 aliphatic carbocycles. The first kappa shape index (κ1) is 22.0. The third-order valence-electron chi connectivity index (χ3n) is 4.34. The molecule has 0 spiro atoms. The lowest BCUT2D eigenvalue weighted by Gasteiger charge is -2.12. The number of primary sulfonamides is 1. The number of amides is 1. The van der Waals surface area contributed by atoms with Crippen molar-refractivity contribution in [2.24, 2.45) is 5.14 Å². The van der Waals surface area contributed by atoms with Crippen LogP contribution >= 0.6 is 11.6 Å². The molecule has 0 saturated heterocycles. The smallest absolute Gasteiger partial charge is 0.240 e. The molecule has 1 aromatic heterocycles. The lowest BCUT2D eigenvalue weighted by Crippen LogP contribution is -2.18. The van der Waals surface area contributed by atoms with Crippen LogP contribution in [0.5, 0.6) is 0 Å². The molecule has 3 aromatic rings. The van der Waals surface area contributed by atoms with Gasteiger partial charge in [-0.1, -0.05) is 29.8 Å². The number of methoxy groups -OCH3 is 1. The van der Waals surface area contributed by atoms with Crippen molar-refractivity contribution in [2.75, 3.05) is 19.0 Å². The quantitative estimate of drug-likeness (QED) is 0.549. The van der Waals surface area contributed by atoms with Crippen LogP contribution in [0.25, 0.3) is 5.69 Å². The minimum absolute atomic E-state index is 0.0498. The first-order valence-electron chi connectivity index (χ1n) is 9.01. The molecule has 158 valence electrons. The predicted octanol–water partition coefficient (Wildman–Crippen LogP) is 2.54. The third kappa shape index (κ3) is 5.45. The summed E-state index contributed by atoms with van der Waals surface area (Å²) in [5.41, 5.74) is 2.13. The number of sulfonamides is 1. The maximum absolute atomic E-state index is 12.4. The highest BCUT2D eigenvalue weighted by Gasteiger charge is 2.18. The van der Waals surface area contributed by atoms with E-state index < -0.39 is 10.0 Å². The molecular weight excluding hydrogens is 428 g/mol. The number of aromatic nitrogens is 2. The lowest BCUT2D eigenvalue weighted by molar-refractivity contribution is -0.115. The molecular formula is C20H21ClN4O4S. The molecule has 0 bridgehead atoms. The molecule has 0 aliphatic heterocycles. The maximum Gasteiger partial charge on any atom is 0.240 e. The first-order chi connectivity index (χ1) is 14.3. The van der Waals surface area contributed by atoms with Crippen LogP contribution in [0.1, 0.15) is 11.1 Å². The summed E-state index contributed by atoms with van der Waals surface area (Å²) in [6.07, 6.45) is 4.02. The number of benzene rings is 2. The summed E-state index contributed by atoms with van der Waals surface area (Å²) in [4.78, 5) is 12.2. The van der Waals surface area contributed by atoms with Gasteiger partial charge in [0.2, 0.25) is 15.9 Å². The van der Waals surface area contributed by atoms with Crippen LogP contribution in [0.3, 0.4) is 0 Å². The summed E-state index contributed by atoms with van der Waals surface area (Å²) in [6, 6.07) is 11.4. The molecule has 2 aromatic carbocycles. The van der Waals surface area contributed by atoms with Gasteiger partial charge in [-0.15, -0.1) is 0 Å². The first-order valence-corrected chi connectivity index (χ1v) is 10.9. The van der Waals surface area contributed by atoms with E-state index in [9.17, 15) is 13.2 Å². The van der Waals surface area contributed by atoms with E-state index in [1.165, 1.54) is 16.8 Å². The zero-order valence-electron chi connectivity index (χ0n) is 16.2. The van der Waals surface area contributed by atoms with Crippen LogP contribution in [-0.4, -0.2) is 37.8 Å². The fourth-order valence-electron chi connectivity index (χ4n) is 2.87. The number of carbonyl (C=O) groups excluding carboxylic acids is 1. The molecule has 3 rings (SSSR count). The molecule has 1 amide bonds. The van der Waals surface area contributed by atoms with E-state index in [-0.39, 0.29) is 22.9 Å². The van der Waals surface area contributed by atoms with Gasteiger partial charge < -0.3 is 10.1 Å². The van der Waals surface area contributed by atoms with Gasteiger partial charge in [0.25, 0.3) is 0 Å². The van der Waals surface area contributed by atoms with Gasteiger partial charge in [0.1, 0.15) is 4.90 Å². The van der Waals surface area contributed by atoms with Crippen LogP contribution in [0, 0.1) is 0 Å². The normalized spacial score (nSPS) is 11.4. The van der Waals surface area contributed by atoms with Crippen molar-refractivity contribution < 1.29 is 17.9 Å². The summed E-state index contributed by atoms with van der Waals surface area (Å²) in [5.74, 6) is -0.336. The lowest BCUT2D eigenvalue weighted by atomic mass is 10.1. The molecule has 8 nitrogen and oxygen atoms in total. The molecule has 0 saturated carbocycles. The van der Waals surface area contributed by atoms with Gasteiger partial charge in [0, 0.05) is 24.0 Å². The van der Waals surface area contributed by atoms with E-state index in [1.54, 1.807) is 49.8 Å². The summed E-state index contributed by atoms with van der Waals surface area (Å²) in [7, 11) is -2.47. The van der Waals surface area contributed by atoms with E-state index in [1.807, 2.05) is 0 Å². The molecule has 0 atom stereocenters. The Balaban J connectivity index is 1.85. The Morgan fingerprint density at radius 3 is 2.73 bits per heavy atom. The number of halogens is 1. The zero-order chi connectivity index (χ0) is 21.7. The maximum atomic E-state index is 12.4. The molecule has 10 heteroatoms. The monoisotopic (exact) mass is 448 g/mol. The van der Waals surface area contributed by atoms with Gasteiger partial charge in [0.05, 0.1) is 24.9 Å². The predicted molar refractivity (Wildman–Crippen MR) is 114 cm³/mol. The molecule has 0 fully saturated rings. The largest absolute Gasteiger partial charge is 0.384 e. The SMILES string of the molecule is COCCc1cnn(-c2ccc(NC(=O)Cc3ccccc3Cl)cc2S(N)(=O)=O)c1. The Labute approximate surface area is 179 Å². The fourth-order valence-corrected chi connectivity index (χ4v) is 3.82. The number of hydrogen-bond acceptors (Lipinski definition) is 5. The van der Waals surface area contributed by atoms with E-state index in [0.717, 1.165) is 5.56 Å². The highest BCUT2D eigenvalue weighted by molar-refractivity contribution is 7.89. The minimum Gasteiger partial charge on any atom is -0.384 e. The van der Waals surface area contributed by atoms with Crippen molar-refractivity contribution >= 4 is 33.2 Å². The summed E-state index contributed by atoms with van der Waals surface area (Å²) in [6.45, 7) is 0.518. The molecule has 0 unspecified atom stereocenters. The van der Waals surface area contributed by atoms with Crippen LogP contribution < -0.4 is 10.5 Å². The third-order valence-corrected chi connectivity index (χ3v) is 5.65. The van der Waals surface area contributed by atoms with Crippen LogP contribution in [0.15, 0.2) is 59.8 Å². The molecule has 3 N–H and O–H groups in total. The van der Waals surface area contributed by atoms with Crippen molar-refractivity contribution in [1.82, 2.24) is 9.78 Å². The highest BCUT2D eigenvalue weighted by Crippen LogP contribution is 2.24. The average molecular weight is 449 g/mol. The zero-order valence-corrected chi connectivity index (χ0v) is 17.8. The van der Waals surface area contributed by atoms with Gasteiger partial charge in [-0.25, -0.2) is 18.2 Å². The van der Waals surface area contributed by atoms with Crippen molar-refractivity contribution in [2.45, 2.75) is 17.7 Å². The van der Waals surface area contributed by atoms with E-state index in [0.29, 0.717) is 29.3 Å².